The number of aromatic amines is 1. The number of hydrogen-bond acceptors (Lipinski definition) is 7. The number of halogens is 1. The van der Waals surface area contributed by atoms with Gasteiger partial charge in [-0.3, -0.25) is 4.79 Å². The molecule has 4 aromatic rings. The second kappa shape index (κ2) is 9.59. The highest BCUT2D eigenvalue weighted by Gasteiger charge is 2.22. The summed E-state index contributed by atoms with van der Waals surface area (Å²) in [5, 5.41) is 6.17. The fourth-order valence-electron chi connectivity index (χ4n) is 4.08. The first-order valence-corrected chi connectivity index (χ1v) is 11.3. The summed E-state index contributed by atoms with van der Waals surface area (Å²) in [5.41, 5.74) is 3.32. The van der Waals surface area contributed by atoms with Crippen molar-refractivity contribution in [1.29, 1.82) is 0 Å². The van der Waals surface area contributed by atoms with Gasteiger partial charge in [0.1, 0.15) is 11.9 Å². The lowest BCUT2D eigenvalue weighted by molar-refractivity contribution is 0.0960. The van der Waals surface area contributed by atoms with Gasteiger partial charge in [-0.2, -0.15) is 0 Å². The molecule has 0 saturated carbocycles. The predicted molar refractivity (Wildman–Crippen MR) is 131 cm³/mol. The molecular weight excluding hydrogens is 451 g/mol. The lowest BCUT2D eigenvalue weighted by Crippen LogP contribution is -2.36. The summed E-state index contributed by atoms with van der Waals surface area (Å²) in [6, 6.07) is 12.7. The maximum Gasteiger partial charge on any atom is 0.260 e. The second-order valence-electron chi connectivity index (χ2n) is 8.15. The van der Waals surface area contributed by atoms with Gasteiger partial charge < -0.3 is 30.0 Å². The third-order valence-corrected chi connectivity index (χ3v) is 5.80. The Kier molecular flexibility index (Phi) is 6.19. The molecule has 10 heteroatoms. The number of aryl methyl sites for hydroxylation is 1. The van der Waals surface area contributed by atoms with E-state index in [1.54, 1.807) is 12.1 Å². The van der Waals surface area contributed by atoms with Crippen molar-refractivity contribution in [1.82, 2.24) is 20.3 Å². The van der Waals surface area contributed by atoms with Gasteiger partial charge >= 0.3 is 0 Å². The van der Waals surface area contributed by atoms with Crippen LogP contribution < -0.4 is 20.3 Å². The van der Waals surface area contributed by atoms with E-state index >= 15 is 4.39 Å². The van der Waals surface area contributed by atoms with Crippen LogP contribution >= 0.6 is 0 Å². The van der Waals surface area contributed by atoms with E-state index in [0.29, 0.717) is 24.1 Å². The van der Waals surface area contributed by atoms with Crippen LogP contribution in [-0.2, 0) is 4.74 Å². The number of carbonyl (C=O) groups is 1. The van der Waals surface area contributed by atoms with Gasteiger partial charge in [0.05, 0.1) is 13.2 Å². The number of aromatic nitrogens is 3. The Hall–Kier alpha value is -4.18. The van der Waals surface area contributed by atoms with Gasteiger partial charge in [-0.05, 0) is 43.3 Å². The lowest BCUT2D eigenvalue weighted by atomic mass is 10.2. The number of H-pyrrole nitrogens is 1. The van der Waals surface area contributed by atoms with Crippen LogP contribution in [0.25, 0.3) is 10.9 Å². The minimum absolute atomic E-state index is 0.0411. The van der Waals surface area contributed by atoms with Crippen LogP contribution in [0.1, 0.15) is 16.1 Å². The molecule has 0 unspecified atom stereocenters. The number of hydrogen-bond donors (Lipinski definition) is 3. The quantitative estimate of drug-likeness (QED) is 0.384. The number of ether oxygens (including phenoxy) is 2. The average Bonchev–Trinajstić information content (AvgIpc) is 3.27. The molecule has 3 heterocycles. The zero-order valence-corrected chi connectivity index (χ0v) is 19.4. The van der Waals surface area contributed by atoms with Crippen LogP contribution in [-0.4, -0.2) is 54.2 Å². The Morgan fingerprint density at radius 1 is 1.17 bits per heavy atom. The van der Waals surface area contributed by atoms with Crippen LogP contribution in [0.2, 0.25) is 0 Å². The first-order chi connectivity index (χ1) is 17.0. The summed E-state index contributed by atoms with van der Waals surface area (Å²) in [6.07, 6.45) is 1.27. The van der Waals surface area contributed by atoms with Crippen molar-refractivity contribution < 1.29 is 18.7 Å². The Bertz CT molecular complexity index is 1380. The van der Waals surface area contributed by atoms with Crippen molar-refractivity contribution in [3.8, 4) is 11.6 Å². The number of anilines is 3. The van der Waals surface area contributed by atoms with Gasteiger partial charge in [0, 0.05) is 48.1 Å². The van der Waals surface area contributed by atoms with Crippen LogP contribution in [0, 0.1) is 12.7 Å². The topological polar surface area (TPSA) is 104 Å². The number of amides is 1. The predicted octanol–water partition coefficient (Wildman–Crippen LogP) is 4.14. The molecule has 2 aromatic carbocycles. The molecule has 1 amide bonds. The average molecular weight is 477 g/mol. The molecule has 9 nitrogen and oxygen atoms in total. The van der Waals surface area contributed by atoms with Crippen molar-refractivity contribution >= 4 is 34.0 Å². The van der Waals surface area contributed by atoms with E-state index < -0.39 is 11.7 Å². The molecule has 1 fully saturated rings. The first kappa shape index (κ1) is 22.6. The van der Waals surface area contributed by atoms with Crippen LogP contribution in [0.5, 0.6) is 11.6 Å². The number of benzene rings is 2. The molecular formula is C25H25FN6O3. The smallest absolute Gasteiger partial charge is 0.260 e. The Morgan fingerprint density at radius 2 is 2.00 bits per heavy atom. The third-order valence-electron chi connectivity index (χ3n) is 5.80. The molecule has 5 rings (SSSR count). The number of morpholine rings is 1. The standard InChI is InChI=1S/C25H25FN6O3/c1-15-12-18-19(30-15)6-7-20(22(18)26)35-25-21(24(33)27-2)23(28-14-29-25)31-16-4-3-5-17(13-16)32-8-10-34-11-9-32/h3-7,12-14,30H,8-11H2,1-2H3,(H,27,33)(H,28,29,31). The summed E-state index contributed by atoms with van der Waals surface area (Å²) in [7, 11) is 1.50. The fraction of sp³-hybridized carbons (Fsp3) is 0.240. The Balaban J connectivity index is 1.48. The molecule has 0 radical (unpaired) electrons. The first-order valence-electron chi connectivity index (χ1n) is 11.3. The molecule has 3 N–H and O–H groups in total. The molecule has 35 heavy (non-hydrogen) atoms. The van der Waals surface area contributed by atoms with Gasteiger partial charge in [0.2, 0.25) is 5.88 Å². The highest BCUT2D eigenvalue weighted by atomic mass is 19.1. The summed E-state index contributed by atoms with van der Waals surface area (Å²) >= 11 is 0. The largest absolute Gasteiger partial charge is 0.435 e. The molecule has 180 valence electrons. The minimum atomic E-state index is -0.541. The monoisotopic (exact) mass is 476 g/mol. The molecule has 0 aliphatic carbocycles. The Morgan fingerprint density at radius 3 is 2.80 bits per heavy atom. The maximum absolute atomic E-state index is 15.1. The summed E-state index contributed by atoms with van der Waals surface area (Å²) in [4.78, 5) is 26.5. The molecule has 1 aliphatic rings. The molecule has 2 aromatic heterocycles. The third kappa shape index (κ3) is 4.60. The number of nitrogens with zero attached hydrogens (tertiary/aromatic N) is 3. The molecule has 0 atom stereocenters. The van der Waals surface area contributed by atoms with E-state index in [1.807, 2.05) is 31.2 Å². The van der Waals surface area contributed by atoms with Gasteiger partial charge in [-0.15, -0.1) is 0 Å². The normalized spacial score (nSPS) is 13.6. The van der Waals surface area contributed by atoms with E-state index in [2.05, 4.69) is 30.5 Å². The summed E-state index contributed by atoms with van der Waals surface area (Å²) in [6.45, 7) is 4.80. The maximum atomic E-state index is 15.1. The van der Waals surface area contributed by atoms with Crippen LogP contribution in [0.15, 0.2) is 48.8 Å². The van der Waals surface area contributed by atoms with Crippen molar-refractivity contribution in [3.63, 3.8) is 0 Å². The SMILES string of the molecule is CNC(=O)c1c(Nc2cccc(N3CCOCC3)c2)ncnc1Oc1ccc2[nH]c(C)cc2c1F. The number of rotatable bonds is 6. The second-order valence-corrected chi connectivity index (χ2v) is 8.15. The highest BCUT2D eigenvalue weighted by Crippen LogP contribution is 2.33. The van der Waals surface area contributed by atoms with E-state index in [0.717, 1.165) is 30.2 Å². The summed E-state index contributed by atoms with van der Waals surface area (Å²) in [5.74, 6) is -0.864. The zero-order valence-electron chi connectivity index (χ0n) is 19.4. The van der Waals surface area contributed by atoms with E-state index in [4.69, 9.17) is 9.47 Å². The van der Waals surface area contributed by atoms with Crippen LogP contribution in [0.3, 0.4) is 0 Å². The molecule has 1 aliphatic heterocycles. The lowest BCUT2D eigenvalue weighted by Gasteiger charge is -2.29. The van der Waals surface area contributed by atoms with E-state index in [-0.39, 0.29) is 23.0 Å². The number of nitrogens with one attached hydrogen (secondary N) is 3. The van der Waals surface area contributed by atoms with Crippen molar-refractivity contribution in [2.24, 2.45) is 0 Å². The van der Waals surface area contributed by atoms with E-state index in [1.165, 1.54) is 19.4 Å². The van der Waals surface area contributed by atoms with Crippen molar-refractivity contribution in [2.45, 2.75) is 6.92 Å². The van der Waals surface area contributed by atoms with Gasteiger partial charge in [0.25, 0.3) is 5.91 Å². The highest BCUT2D eigenvalue weighted by molar-refractivity contribution is 6.01. The fourth-order valence-corrected chi connectivity index (χ4v) is 4.08. The van der Waals surface area contributed by atoms with Gasteiger partial charge in [-0.1, -0.05) is 6.07 Å². The summed E-state index contributed by atoms with van der Waals surface area (Å²) < 4.78 is 26.4. The van der Waals surface area contributed by atoms with Gasteiger partial charge in [0.15, 0.2) is 17.4 Å². The Labute approximate surface area is 201 Å². The zero-order chi connectivity index (χ0) is 24.4. The number of carbonyl (C=O) groups excluding carboxylic acids is 1. The van der Waals surface area contributed by atoms with Gasteiger partial charge in [-0.25, -0.2) is 14.4 Å². The molecule has 0 bridgehead atoms. The van der Waals surface area contributed by atoms with Crippen LogP contribution in [0.4, 0.5) is 21.6 Å². The van der Waals surface area contributed by atoms with Crippen molar-refractivity contribution in [2.75, 3.05) is 43.6 Å². The van der Waals surface area contributed by atoms with E-state index in [9.17, 15) is 4.79 Å². The minimum Gasteiger partial charge on any atom is -0.435 e. The molecule has 0 spiro atoms. The number of fused-ring (bicyclic) bond motifs is 1. The van der Waals surface area contributed by atoms with Crippen molar-refractivity contribution in [3.05, 3.63) is 65.9 Å². The molecule has 1 saturated heterocycles.